The molecule has 0 unspecified atom stereocenters. The summed E-state index contributed by atoms with van der Waals surface area (Å²) >= 11 is 0. The van der Waals surface area contributed by atoms with Crippen LogP contribution >= 0.6 is 0 Å². The third-order valence-electron chi connectivity index (χ3n) is 3.72. The number of hydrogen-bond acceptors (Lipinski definition) is 4. The first kappa shape index (κ1) is 12.4. The molecule has 0 bridgehead atoms. The Labute approximate surface area is 112 Å². The third-order valence-corrected chi connectivity index (χ3v) is 3.72. The molecule has 0 saturated carbocycles. The molecule has 0 spiro atoms. The van der Waals surface area contributed by atoms with Crippen LogP contribution in [-0.2, 0) is 9.47 Å². The van der Waals surface area contributed by atoms with Gasteiger partial charge in [-0.3, -0.25) is 0 Å². The number of nitrogens with one attached hydrogen (secondary N) is 1. The van der Waals surface area contributed by atoms with Crippen LogP contribution in [0, 0.1) is 0 Å². The maximum Gasteiger partial charge on any atom is 0.204 e. The van der Waals surface area contributed by atoms with Crippen LogP contribution < -0.4 is 4.90 Å². The fourth-order valence-electron chi connectivity index (χ4n) is 2.73. The lowest BCUT2D eigenvalue weighted by Gasteiger charge is -2.22. The van der Waals surface area contributed by atoms with Gasteiger partial charge in [0.05, 0.1) is 29.8 Å². The molecule has 1 saturated heterocycles. The van der Waals surface area contributed by atoms with Gasteiger partial charge >= 0.3 is 0 Å². The van der Waals surface area contributed by atoms with Crippen molar-refractivity contribution in [3.8, 4) is 0 Å². The van der Waals surface area contributed by atoms with Gasteiger partial charge in [-0.15, -0.1) is 0 Å². The number of rotatable bonds is 4. The Balaban J connectivity index is 1.90. The molecule has 0 amide bonds. The summed E-state index contributed by atoms with van der Waals surface area (Å²) < 4.78 is 10.8. The van der Waals surface area contributed by atoms with E-state index < -0.39 is 0 Å². The highest BCUT2D eigenvalue weighted by atomic mass is 16.5. The zero-order chi connectivity index (χ0) is 13.2. The second kappa shape index (κ2) is 5.19. The molecule has 2 atom stereocenters. The Hall–Kier alpha value is -1.59. The van der Waals surface area contributed by atoms with Crippen molar-refractivity contribution in [3.63, 3.8) is 0 Å². The quantitative estimate of drug-likeness (QED) is 0.912. The van der Waals surface area contributed by atoms with Gasteiger partial charge in [0.15, 0.2) is 0 Å². The van der Waals surface area contributed by atoms with Gasteiger partial charge in [0.1, 0.15) is 0 Å². The number of imidazole rings is 1. The van der Waals surface area contributed by atoms with Gasteiger partial charge in [-0.05, 0) is 18.6 Å². The lowest BCUT2D eigenvalue weighted by atomic mass is 10.2. The van der Waals surface area contributed by atoms with Crippen LogP contribution in [0.25, 0.3) is 11.0 Å². The number of benzene rings is 1. The van der Waals surface area contributed by atoms with Crippen molar-refractivity contribution >= 4 is 17.0 Å². The van der Waals surface area contributed by atoms with Crippen molar-refractivity contribution in [1.29, 1.82) is 0 Å². The summed E-state index contributed by atoms with van der Waals surface area (Å²) in [6, 6.07) is 8.39. The first-order valence-electron chi connectivity index (χ1n) is 6.55. The lowest BCUT2D eigenvalue weighted by molar-refractivity contribution is 0.111. The van der Waals surface area contributed by atoms with E-state index in [2.05, 4.69) is 14.9 Å². The minimum atomic E-state index is 0.244. The van der Waals surface area contributed by atoms with E-state index in [1.54, 1.807) is 14.2 Å². The van der Waals surface area contributed by atoms with Crippen LogP contribution in [0.4, 0.5) is 5.95 Å². The Morgan fingerprint density at radius 1 is 1.37 bits per heavy atom. The van der Waals surface area contributed by atoms with E-state index in [1.807, 2.05) is 24.3 Å². The largest absolute Gasteiger partial charge is 0.383 e. The molecule has 5 nitrogen and oxygen atoms in total. The SMILES string of the molecule is COC[C@@H]1C[C@@H](OC)CN1c1nc2ccccc2[nH]1. The number of fused-ring (bicyclic) bond motifs is 1. The number of ether oxygens (including phenoxy) is 2. The van der Waals surface area contributed by atoms with E-state index in [1.165, 1.54) is 0 Å². The predicted octanol–water partition coefficient (Wildman–Crippen LogP) is 1.80. The van der Waals surface area contributed by atoms with Crippen molar-refractivity contribution in [1.82, 2.24) is 9.97 Å². The number of aromatic nitrogens is 2. The summed E-state index contributed by atoms with van der Waals surface area (Å²) in [5.74, 6) is 0.905. The van der Waals surface area contributed by atoms with Crippen molar-refractivity contribution in [2.24, 2.45) is 0 Å². The zero-order valence-electron chi connectivity index (χ0n) is 11.3. The van der Waals surface area contributed by atoms with Crippen LogP contribution in [0.5, 0.6) is 0 Å². The third kappa shape index (κ3) is 2.31. The van der Waals surface area contributed by atoms with Crippen molar-refractivity contribution in [2.45, 2.75) is 18.6 Å². The van der Waals surface area contributed by atoms with E-state index in [9.17, 15) is 0 Å². The van der Waals surface area contributed by atoms with Crippen LogP contribution in [0.1, 0.15) is 6.42 Å². The second-order valence-electron chi connectivity index (χ2n) is 4.93. The highest BCUT2D eigenvalue weighted by molar-refractivity contribution is 5.77. The number of aromatic amines is 1. The van der Waals surface area contributed by atoms with Crippen LogP contribution in [0.2, 0.25) is 0 Å². The van der Waals surface area contributed by atoms with Crippen LogP contribution in [0.15, 0.2) is 24.3 Å². The summed E-state index contributed by atoms with van der Waals surface area (Å²) in [6.45, 7) is 1.54. The molecule has 3 rings (SSSR count). The van der Waals surface area contributed by atoms with E-state index in [0.29, 0.717) is 12.6 Å². The molecule has 2 heterocycles. The Morgan fingerprint density at radius 3 is 2.95 bits per heavy atom. The van der Waals surface area contributed by atoms with Crippen molar-refractivity contribution in [2.75, 3.05) is 32.3 Å². The summed E-state index contributed by atoms with van der Waals surface area (Å²) in [5, 5.41) is 0. The summed E-state index contributed by atoms with van der Waals surface area (Å²) in [5.41, 5.74) is 2.06. The van der Waals surface area contributed by atoms with Crippen LogP contribution in [-0.4, -0.2) is 49.5 Å². The van der Waals surface area contributed by atoms with Crippen molar-refractivity contribution in [3.05, 3.63) is 24.3 Å². The first-order chi connectivity index (χ1) is 9.31. The molecule has 0 radical (unpaired) electrons. The molecular formula is C14H19N3O2. The van der Waals surface area contributed by atoms with Gasteiger partial charge < -0.3 is 19.4 Å². The summed E-state index contributed by atoms with van der Waals surface area (Å²) in [4.78, 5) is 10.3. The molecule has 1 aromatic carbocycles. The van der Waals surface area contributed by atoms with Gasteiger partial charge in [0, 0.05) is 20.8 Å². The standard InChI is InChI=1S/C14H19N3O2/c1-18-9-10-7-11(19-2)8-17(10)14-15-12-5-3-4-6-13(12)16-14/h3-6,10-11H,7-9H2,1-2H3,(H,15,16)/t10-,11+/m0/s1. The molecule has 1 aliphatic heterocycles. The Morgan fingerprint density at radius 2 is 2.21 bits per heavy atom. The van der Waals surface area contributed by atoms with Crippen molar-refractivity contribution < 1.29 is 9.47 Å². The molecule has 1 fully saturated rings. The first-order valence-corrected chi connectivity index (χ1v) is 6.55. The van der Waals surface area contributed by atoms with Crippen LogP contribution in [0.3, 0.4) is 0 Å². The maximum absolute atomic E-state index is 5.47. The molecule has 2 aromatic rings. The molecule has 0 aliphatic carbocycles. The molecular weight excluding hydrogens is 242 g/mol. The molecule has 5 heteroatoms. The smallest absolute Gasteiger partial charge is 0.204 e. The zero-order valence-corrected chi connectivity index (χ0v) is 11.3. The van der Waals surface area contributed by atoms with E-state index >= 15 is 0 Å². The normalized spacial score (nSPS) is 23.4. The predicted molar refractivity (Wildman–Crippen MR) is 74.5 cm³/mol. The maximum atomic E-state index is 5.47. The Kier molecular flexibility index (Phi) is 3.40. The average Bonchev–Trinajstić information content (AvgIpc) is 3.01. The van der Waals surface area contributed by atoms with Gasteiger partial charge in [-0.2, -0.15) is 0 Å². The Bertz CT molecular complexity index is 521. The fraction of sp³-hybridized carbons (Fsp3) is 0.500. The highest BCUT2D eigenvalue weighted by Crippen LogP contribution is 2.26. The van der Waals surface area contributed by atoms with Gasteiger partial charge in [0.25, 0.3) is 0 Å². The van der Waals surface area contributed by atoms with E-state index in [4.69, 9.17) is 9.47 Å². The molecule has 102 valence electrons. The number of anilines is 1. The fourth-order valence-corrected chi connectivity index (χ4v) is 2.73. The lowest BCUT2D eigenvalue weighted by Crippen LogP contribution is -2.33. The monoisotopic (exact) mass is 261 g/mol. The topological polar surface area (TPSA) is 50.4 Å². The molecule has 1 aliphatic rings. The number of H-pyrrole nitrogens is 1. The van der Waals surface area contributed by atoms with E-state index in [0.717, 1.165) is 29.9 Å². The molecule has 19 heavy (non-hydrogen) atoms. The number of para-hydroxylation sites is 2. The van der Waals surface area contributed by atoms with Gasteiger partial charge in [0.2, 0.25) is 5.95 Å². The number of hydrogen-bond donors (Lipinski definition) is 1. The number of methoxy groups -OCH3 is 2. The summed E-state index contributed by atoms with van der Waals surface area (Å²) in [7, 11) is 3.49. The van der Waals surface area contributed by atoms with Gasteiger partial charge in [-0.25, -0.2) is 4.98 Å². The highest BCUT2D eigenvalue weighted by Gasteiger charge is 2.33. The number of nitrogens with zero attached hydrogens (tertiary/aromatic N) is 2. The average molecular weight is 261 g/mol. The van der Waals surface area contributed by atoms with E-state index in [-0.39, 0.29) is 6.10 Å². The molecule has 1 aromatic heterocycles. The second-order valence-corrected chi connectivity index (χ2v) is 4.93. The minimum absolute atomic E-state index is 0.244. The molecule has 1 N–H and O–H groups in total. The minimum Gasteiger partial charge on any atom is -0.383 e. The van der Waals surface area contributed by atoms with Gasteiger partial charge in [-0.1, -0.05) is 12.1 Å². The summed E-state index contributed by atoms with van der Waals surface area (Å²) in [6.07, 6.45) is 1.22.